The summed E-state index contributed by atoms with van der Waals surface area (Å²) in [5.74, 6) is -0.0972. The van der Waals surface area contributed by atoms with E-state index in [-0.39, 0.29) is 5.84 Å². The van der Waals surface area contributed by atoms with Crippen LogP contribution < -0.4 is 0 Å². The van der Waals surface area contributed by atoms with Crippen LogP contribution >= 0.6 is 0 Å². The van der Waals surface area contributed by atoms with Crippen molar-refractivity contribution in [1.82, 2.24) is 5.01 Å². The molecule has 9 heavy (non-hydrogen) atoms. The van der Waals surface area contributed by atoms with E-state index in [2.05, 4.69) is 5.10 Å². The van der Waals surface area contributed by atoms with Gasteiger partial charge in [-0.2, -0.15) is 0 Å². The zero-order chi connectivity index (χ0) is 7.44. The Morgan fingerprint density at radius 3 is 2.22 bits per heavy atom. The summed E-state index contributed by atoms with van der Waals surface area (Å²) >= 11 is 0. The number of amidine groups is 1. The molecule has 0 N–H and O–H groups in total. The highest BCUT2D eigenvalue weighted by Gasteiger charge is 2.02. The van der Waals surface area contributed by atoms with Crippen LogP contribution in [-0.2, 0) is 0 Å². The van der Waals surface area contributed by atoms with Gasteiger partial charge in [-0.05, 0) is 4.92 Å². The molecule has 0 atom stereocenters. The summed E-state index contributed by atoms with van der Waals surface area (Å²) in [6.07, 6.45) is 0. The number of nitrogens with zero attached hydrogens (tertiary/aromatic N) is 3. The van der Waals surface area contributed by atoms with Crippen LogP contribution in [0.2, 0.25) is 0 Å². The third kappa shape index (κ3) is 3.45. The van der Waals surface area contributed by atoms with Gasteiger partial charge in [-0.3, -0.25) is 0 Å². The molecule has 0 aliphatic heterocycles. The van der Waals surface area contributed by atoms with Gasteiger partial charge in [-0.1, -0.05) is 0 Å². The first kappa shape index (κ1) is 7.87. The second-order valence-electron chi connectivity index (χ2n) is 1.75. The Kier molecular flexibility index (Phi) is 2.63. The molecule has 0 fully saturated rings. The average molecular weight is 131 g/mol. The van der Waals surface area contributed by atoms with Crippen LogP contribution in [-0.4, -0.2) is 29.9 Å². The van der Waals surface area contributed by atoms with Crippen molar-refractivity contribution in [3.63, 3.8) is 0 Å². The summed E-state index contributed by atoms with van der Waals surface area (Å²) in [6.45, 7) is 1.35. The van der Waals surface area contributed by atoms with E-state index >= 15 is 0 Å². The fraction of sp³-hybridized carbons (Fsp3) is 0.750. The lowest BCUT2D eigenvalue weighted by molar-refractivity contribution is -0.352. The van der Waals surface area contributed by atoms with Gasteiger partial charge in [0.15, 0.2) is 0 Å². The van der Waals surface area contributed by atoms with Gasteiger partial charge in [0.2, 0.25) is 0 Å². The van der Waals surface area contributed by atoms with E-state index in [4.69, 9.17) is 0 Å². The maximum atomic E-state index is 9.88. The predicted molar refractivity (Wildman–Crippen MR) is 33.8 cm³/mol. The molecule has 0 bridgehead atoms. The normalized spacial score (nSPS) is 11.2. The summed E-state index contributed by atoms with van der Waals surface area (Å²) in [5, 5.41) is 14.8. The zero-order valence-corrected chi connectivity index (χ0v) is 5.66. The van der Waals surface area contributed by atoms with Crippen molar-refractivity contribution in [1.29, 1.82) is 0 Å². The van der Waals surface area contributed by atoms with Crippen molar-refractivity contribution in [3.05, 3.63) is 10.1 Å². The molecule has 0 radical (unpaired) electrons. The molecule has 52 valence electrons. The molecule has 0 saturated heterocycles. The first-order valence-electron chi connectivity index (χ1n) is 2.41. The number of rotatable bonds is 1. The maximum Gasteiger partial charge on any atom is 0.360 e. The number of hydrazone groups is 1. The standard InChI is InChI=1S/C4H9N3O2/c1-4(7(8)9)5-6(2)3/h1-3H3/b5-4+. The van der Waals surface area contributed by atoms with Gasteiger partial charge in [0.25, 0.3) is 0 Å². The smallest absolute Gasteiger partial charge is 0.358 e. The van der Waals surface area contributed by atoms with E-state index in [1.807, 2.05) is 0 Å². The molecule has 0 unspecified atom stereocenters. The molecular weight excluding hydrogens is 122 g/mol. The van der Waals surface area contributed by atoms with Crippen LogP contribution in [0.5, 0.6) is 0 Å². The molecule has 0 amide bonds. The van der Waals surface area contributed by atoms with Gasteiger partial charge in [0.05, 0.1) is 0 Å². The van der Waals surface area contributed by atoms with Gasteiger partial charge in [-0.15, -0.1) is 0 Å². The molecule has 5 nitrogen and oxygen atoms in total. The van der Waals surface area contributed by atoms with Gasteiger partial charge in [0.1, 0.15) is 0 Å². The molecule has 0 aliphatic carbocycles. The Morgan fingerprint density at radius 1 is 1.67 bits per heavy atom. The predicted octanol–water partition coefficient (Wildman–Crippen LogP) is 0.158. The number of hydrogen-bond donors (Lipinski definition) is 0. The molecule has 0 spiro atoms. The van der Waals surface area contributed by atoms with E-state index in [9.17, 15) is 10.1 Å². The fourth-order valence-corrected chi connectivity index (χ4v) is 0.326. The summed E-state index contributed by atoms with van der Waals surface area (Å²) < 4.78 is 0. The molecule has 5 heteroatoms. The van der Waals surface area contributed by atoms with Crippen LogP contribution in [0, 0.1) is 10.1 Å². The lowest BCUT2D eigenvalue weighted by Crippen LogP contribution is -2.13. The highest BCUT2D eigenvalue weighted by molar-refractivity contribution is 5.70. The monoisotopic (exact) mass is 131 g/mol. The van der Waals surface area contributed by atoms with Crippen molar-refractivity contribution in [3.8, 4) is 0 Å². The Bertz CT molecular complexity index is 141. The zero-order valence-electron chi connectivity index (χ0n) is 5.66. The minimum atomic E-state index is -0.528. The molecule has 0 aliphatic rings. The fourth-order valence-electron chi connectivity index (χ4n) is 0.326. The van der Waals surface area contributed by atoms with Gasteiger partial charge in [0, 0.05) is 26.1 Å². The third-order valence-corrected chi connectivity index (χ3v) is 0.609. The van der Waals surface area contributed by atoms with Crippen molar-refractivity contribution in [2.45, 2.75) is 6.92 Å². The minimum absolute atomic E-state index is 0.0972. The van der Waals surface area contributed by atoms with Gasteiger partial charge in [-0.25, -0.2) is 5.01 Å². The average Bonchev–Trinajstić information content (AvgIpc) is 1.63. The lowest BCUT2D eigenvalue weighted by atomic mass is 10.7. The molecular formula is C4H9N3O2. The van der Waals surface area contributed by atoms with E-state index in [0.717, 1.165) is 0 Å². The molecule has 0 aromatic carbocycles. The Labute approximate surface area is 53.1 Å². The van der Waals surface area contributed by atoms with Crippen molar-refractivity contribution in [2.24, 2.45) is 5.10 Å². The third-order valence-electron chi connectivity index (χ3n) is 0.609. The summed E-state index contributed by atoms with van der Waals surface area (Å²) in [7, 11) is 3.26. The van der Waals surface area contributed by atoms with E-state index in [0.29, 0.717) is 0 Å². The second-order valence-corrected chi connectivity index (χ2v) is 1.75. The summed E-state index contributed by atoms with van der Waals surface area (Å²) in [5.41, 5.74) is 0. The topological polar surface area (TPSA) is 58.7 Å². The van der Waals surface area contributed by atoms with Gasteiger partial charge >= 0.3 is 5.84 Å². The van der Waals surface area contributed by atoms with Crippen molar-refractivity contribution >= 4 is 5.84 Å². The largest absolute Gasteiger partial charge is 0.360 e. The Morgan fingerprint density at radius 2 is 2.11 bits per heavy atom. The Hall–Kier alpha value is -1.13. The quantitative estimate of drug-likeness (QED) is 0.220. The SMILES string of the molecule is C/C(=N\N(C)C)[N+](=O)[O-]. The lowest BCUT2D eigenvalue weighted by Gasteiger charge is -1.95. The highest BCUT2D eigenvalue weighted by atomic mass is 16.6. The molecule has 0 rings (SSSR count). The molecule has 0 aromatic rings. The van der Waals surface area contributed by atoms with Crippen LogP contribution in [0.25, 0.3) is 0 Å². The van der Waals surface area contributed by atoms with E-state index in [1.165, 1.54) is 11.9 Å². The van der Waals surface area contributed by atoms with Crippen molar-refractivity contribution in [2.75, 3.05) is 14.1 Å². The van der Waals surface area contributed by atoms with Crippen molar-refractivity contribution < 1.29 is 4.92 Å². The molecule has 0 heterocycles. The first-order valence-corrected chi connectivity index (χ1v) is 2.41. The summed E-state index contributed by atoms with van der Waals surface area (Å²) in [4.78, 5) is 9.36. The summed E-state index contributed by atoms with van der Waals surface area (Å²) in [6, 6.07) is 0. The molecule has 0 aromatic heterocycles. The van der Waals surface area contributed by atoms with E-state index < -0.39 is 4.92 Å². The van der Waals surface area contributed by atoms with Crippen LogP contribution in [0.1, 0.15) is 6.92 Å². The van der Waals surface area contributed by atoms with Crippen LogP contribution in [0.15, 0.2) is 5.10 Å². The molecule has 0 saturated carbocycles. The number of nitro groups is 1. The van der Waals surface area contributed by atoms with E-state index in [1.54, 1.807) is 14.1 Å². The highest BCUT2D eigenvalue weighted by Crippen LogP contribution is 1.80. The second kappa shape index (κ2) is 3.01. The maximum absolute atomic E-state index is 9.88. The minimum Gasteiger partial charge on any atom is -0.358 e. The number of hydrogen-bond acceptors (Lipinski definition) is 4. The Balaban J connectivity index is 4.00. The first-order chi connectivity index (χ1) is 4.04. The van der Waals surface area contributed by atoms with Crippen LogP contribution in [0.3, 0.4) is 0 Å². The van der Waals surface area contributed by atoms with Gasteiger partial charge < -0.3 is 10.1 Å². The van der Waals surface area contributed by atoms with Crippen LogP contribution in [0.4, 0.5) is 0 Å².